The van der Waals surface area contributed by atoms with Gasteiger partial charge in [0.1, 0.15) is 6.54 Å². The molecule has 0 unspecified atom stereocenters. The number of carbonyl (C=O) groups excluding carboxylic acids is 2. The van der Waals surface area contributed by atoms with Crippen molar-refractivity contribution in [2.75, 3.05) is 43.1 Å². The summed E-state index contributed by atoms with van der Waals surface area (Å²) in [5, 5.41) is 3.27. The Hall–Kier alpha value is -1.79. The molecule has 20 heavy (non-hydrogen) atoms. The molecule has 1 saturated heterocycles. The van der Waals surface area contributed by atoms with Crippen molar-refractivity contribution in [2.24, 2.45) is 0 Å². The van der Waals surface area contributed by atoms with Gasteiger partial charge in [0.25, 0.3) is 0 Å². The Labute approximate surface area is 121 Å². The molecule has 3 amide bonds. The van der Waals surface area contributed by atoms with E-state index < -0.39 is 0 Å². The van der Waals surface area contributed by atoms with Crippen LogP contribution < -0.4 is 10.2 Å². The van der Waals surface area contributed by atoms with Gasteiger partial charge in [0.15, 0.2) is 0 Å². The maximum Gasteiger partial charge on any atom is 0.325 e. The average Bonchev–Trinajstić information content (AvgIpc) is 2.47. The van der Waals surface area contributed by atoms with Gasteiger partial charge in [0.05, 0.1) is 24.6 Å². The van der Waals surface area contributed by atoms with E-state index in [1.54, 1.807) is 23.1 Å². The van der Waals surface area contributed by atoms with Crippen molar-refractivity contribution in [1.29, 1.82) is 0 Å². The fraction of sp³-hybridized carbons (Fsp3) is 0.385. The second-order valence-corrected chi connectivity index (χ2v) is 5.11. The predicted octanol–water partition coefficient (Wildman–Crippen LogP) is 1.55. The van der Waals surface area contributed by atoms with Gasteiger partial charge in [0.2, 0.25) is 5.91 Å². The van der Waals surface area contributed by atoms with E-state index in [1.807, 2.05) is 0 Å². The van der Waals surface area contributed by atoms with Gasteiger partial charge in [-0.15, -0.1) is 0 Å². The van der Waals surface area contributed by atoms with Crippen LogP contribution in [0.4, 0.5) is 16.2 Å². The van der Waals surface area contributed by atoms with E-state index in [1.165, 1.54) is 4.90 Å². The summed E-state index contributed by atoms with van der Waals surface area (Å²) < 4.78 is 5.23. The molecule has 7 heteroatoms. The van der Waals surface area contributed by atoms with Crippen LogP contribution in [0.1, 0.15) is 0 Å². The zero-order valence-corrected chi connectivity index (χ0v) is 11.5. The molecule has 0 saturated carbocycles. The van der Waals surface area contributed by atoms with Crippen molar-refractivity contribution in [3.05, 3.63) is 23.2 Å². The van der Waals surface area contributed by atoms with Crippen LogP contribution in [-0.4, -0.2) is 49.7 Å². The van der Waals surface area contributed by atoms with Crippen molar-refractivity contribution in [3.63, 3.8) is 0 Å². The summed E-state index contributed by atoms with van der Waals surface area (Å²) >= 11 is 5.98. The largest absolute Gasteiger partial charge is 0.378 e. The Balaban J connectivity index is 1.91. The number of carbonyl (C=O) groups is 2. The summed E-state index contributed by atoms with van der Waals surface area (Å²) in [4.78, 5) is 27.4. The normalized spacial score (nSPS) is 18.6. The van der Waals surface area contributed by atoms with Gasteiger partial charge in [-0.05, 0) is 18.2 Å². The second-order valence-electron chi connectivity index (χ2n) is 4.68. The summed E-state index contributed by atoms with van der Waals surface area (Å²) in [6, 6.07) is 4.89. The zero-order chi connectivity index (χ0) is 14.1. The molecule has 0 aliphatic carbocycles. The van der Waals surface area contributed by atoms with Crippen LogP contribution in [0.2, 0.25) is 5.02 Å². The van der Waals surface area contributed by atoms with Crippen LogP contribution in [0.3, 0.4) is 0 Å². The minimum absolute atomic E-state index is 0.00350. The number of urea groups is 1. The SMILES string of the molecule is O=C1CN(C(=O)N2CCOCC2)c2cc(Cl)ccc2N1. The number of hydrogen-bond acceptors (Lipinski definition) is 3. The standard InChI is InChI=1S/C13H14ClN3O3/c14-9-1-2-10-11(7-9)17(8-12(18)15-10)13(19)16-3-5-20-6-4-16/h1-2,7H,3-6,8H2,(H,15,18). The van der Waals surface area contributed by atoms with E-state index >= 15 is 0 Å². The lowest BCUT2D eigenvalue weighted by Crippen LogP contribution is -2.52. The van der Waals surface area contributed by atoms with Crippen LogP contribution in [-0.2, 0) is 9.53 Å². The van der Waals surface area contributed by atoms with Gasteiger partial charge >= 0.3 is 6.03 Å². The number of halogens is 1. The topological polar surface area (TPSA) is 61.9 Å². The molecule has 0 atom stereocenters. The summed E-state index contributed by atoms with van der Waals surface area (Å²) in [7, 11) is 0. The first-order valence-electron chi connectivity index (χ1n) is 6.39. The first-order chi connectivity index (χ1) is 9.65. The summed E-state index contributed by atoms with van der Waals surface area (Å²) in [6.45, 7) is 2.12. The predicted molar refractivity (Wildman–Crippen MR) is 75.2 cm³/mol. The summed E-state index contributed by atoms with van der Waals surface area (Å²) in [6.07, 6.45) is 0. The number of nitrogens with zero attached hydrogens (tertiary/aromatic N) is 2. The van der Waals surface area contributed by atoms with Crippen LogP contribution in [0, 0.1) is 0 Å². The Morgan fingerprint density at radius 2 is 2.05 bits per heavy atom. The van der Waals surface area contributed by atoms with Gasteiger partial charge in [-0.25, -0.2) is 4.79 Å². The number of morpholine rings is 1. The van der Waals surface area contributed by atoms with Gasteiger partial charge < -0.3 is 15.0 Å². The third-order valence-corrected chi connectivity index (χ3v) is 3.57. The molecule has 6 nitrogen and oxygen atoms in total. The van der Waals surface area contributed by atoms with Crippen molar-refractivity contribution < 1.29 is 14.3 Å². The lowest BCUT2D eigenvalue weighted by molar-refractivity contribution is -0.115. The van der Waals surface area contributed by atoms with Crippen LogP contribution in [0.15, 0.2) is 18.2 Å². The highest BCUT2D eigenvalue weighted by atomic mass is 35.5. The van der Waals surface area contributed by atoms with Crippen LogP contribution in [0.5, 0.6) is 0 Å². The molecule has 2 heterocycles. The molecule has 1 aromatic rings. The van der Waals surface area contributed by atoms with E-state index in [0.29, 0.717) is 42.7 Å². The number of fused-ring (bicyclic) bond motifs is 1. The molecule has 0 radical (unpaired) electrons. The van der Waals surface area contributed by atoms with E-state index in [-0.39, 0.29) is 18.5 Å². The molecule has 0 spiro atoms. The minimum atomic E-state index is -0.207. The van der Waals surface area contributed by atoms with Crippen molar-refractivity contribution in [2.45, 2.75) is 0 Å². The number of rotatable bonds is 0. The quantitative estimate of drug-likeness (QED) is 0.790. The van der Waals surface area contributed by atoms with Crippen molar-refractivity contribution in [3.8, 4) is 0 Å². The van der Waals surface area contributed by atoms with Gasteiger partial charge in [-0.3, -0.25) is 9.69 Å². The molecule has 2 aliphatic heterocycles. The molecular weight excluding hydrogens is 282 g/mol. The van der Waals surface area contributed by atoms with Crippen LogP contribution >= 0.6 is 11.6 Å². The Morgan fingerprint density at radius 3 is 2.80 bits per heavy atom. The molecule has 1 fully saturated rings. The fourth-order valence-electron chi connectivity index (χ4n) is 2.35. The van der Waals surface area contributed by atoms with Gasteiger partial charge in [0, 0.05) is 18.1 Å². The maximum atomic E-state index is 12.5. The summed E-state index contributed by atoms with van der Waals surface area (Å²) in [5.74, 6) is -0.207. The Kier molecular flexibility index (Phi) is 3.50. The fourth-order valence-corrected chi connectivity index (χ4v) is 2.51. The highest BCUT2D eigenvalue weighted by Crippen LogP contribution is 2.32. The monoisotopic (exact) mass is 295 g/mol. The highest BCUT2D eigenvalue weighted by molar-refractivity contribution is 6.31. The molecule has 0 aromatic heterocycles. The smallest absolute Gasteiger partial charge is 0.325 e. The number of benzene rings is 1. The molecular formula is C13H14ClN3O3. The van der Waals surface area contributed by atoms with E-state index in [0.717, 1.165) is 0 Å². The molecule has 1 aromatic carbocycles. The maximum absolute atomic E-state index is 12.5. The number of amides is 3. The number of ether oxygens (including phenoxy) is 1. The zero-order valence-electron chi connectivity index (χ0n) is 10.8. The molecule has 2 aliphatic rings. The van der Waals surface area contributed by atoms with Crippen LogP contribution in [0.25, 0.3) is 0 Å². The van der Waals surface area contributed by atoms with Gasteiger partial charge in [-0.2, -0.15) is 0 Å². The van der Waals surface area contributed by atoms with E-state index in [4.69, 9.17) is 16.3 Å². The lowest BCUT2D eigenvalue weighted by Gasteiger charge is -2.35. The number of nitrogens with one attached hydrogen (secondary N) is 1. The Bertz CT molecular complexity index is 558. The first-order valence-corrected chi connectivity index (χ1v) is 6.76. The molecule has 0 bridgehead atoms. The third-order valence-electron chi connectivity index (χ3n) is 3.34. The molecule has 106 valence electrons. The van der Waals surface area contributed by atoms with E-state index in [9.17, 15) is 9.59 Å². The molecule has 3 rings (SSSR count). The van der Waals surface area contributed by atoms with Crippen molar-refractivity contribution >= 4 is 34.9 Å². The first kappa shape index (κ1) is 13.2. The van der Waals surface area contributed by atoms with Gasteiger partial charge in [-0.1, -0.05) is 11.6 Å². The number of anilines is 2. The van der Waals surface area contributed by atoms with E-state index in [2.05, 4.69) is 5.32 Å². The Morgan fingerprint density at radius 1 is 1.30 bits per heavy atom. The average molecular weight is 296 g/mol. The molecule has 1 N–H and O–H groups in total. The van der Waals surface area contributed by atoms with Crippen molar-refractivity contribution in [1.82, 2.24) is 4.90 Å². The number of hydrogen-bond donors (Lipinski definition) is 1. The lowest BCUT2D eigenvalue weighted by atomic mass is 10.2. The summed E-state index contributed by atoms with van der Waals surface area (Å²) in [5.41, 5.74) is 1.24. The minimum Gasteiger partial charge on any atom is -0.378 e. The third kappa shape index (κ3) is 2.44. The highest BCUT2D eigenvalue weighted by Gasteiger charge is 2.30. The second kappa shape index (κ2) is 5.30.